The molecule has 154 valence electrons. The third kappa shape index (κ3) is 5.66. The molecular weight excluding hydrogens is 371 g/mol. The zero-order valence-electron chi connectivity index (χ0n) is 16.6. The van der Waals surface area contributed by atoms with Crippen molar-refractivity contribution in [3.05, 3.63) is 59.5 Å². The number of hydrogen-bond acceptors (Lipinski definition) is 4. The molecule has 1 saturated heterocycles. The van der Waals surface area contributed by atoms with E-state index in [0.29, 0.717) is 19.0 Å². The highest BCUT2D eigenvalue weighted by Crippen LogP contribution is 2.24. The number of aromatic nitrogens is 1. The van der Waals surface area contributed by atoms with E-state index in [9.17, 15) is 9.18 Å². The molecular formula is C21H27FN6O. The standard InChI is InChI=1S/C21H27FN6O/c1-24-21(26-13-15-4-2-6-18(22)12-15)27-14-17-5-3-9-25-20(17)28-10-7-16(8-11-28)19(23)29/h2-6,9,12,16H,7-8,10-11,13-14H2,1H3,(H2,23,29)(H2,24,26,27). The Kier molecular flexibility index (Phi) is 6.99. The Morgan fingerprint density at radius 3 is 2.69 bits per heavy atom. The predicted molar refractivity (Wildman–Crippen MR) is 112 cm³/mol. The molecule has 0 radical (unpaired) electrons. The SMILES string of the molecule is CN=C(NCc1cccc(F)c1)NCc1cccnc1N1CCC(C(N)=O)CC1. The Bertz CT molecular complexity index is 864. The fourth-order valence-corrected chi connectivity index (χ4v) is 3.46. The third-order valence-corrected chi connectivity index (χ3v) is 5.08. The van der Waals surface area contributed by atoms with E-state index in [1.54, 1.807) is 19.3 Å². The van der Waals surface area contributed by atoms with Crippen LogP contribution < -0.4 is 21.3 Å². The van der Waals surface area contributed by atoms with Gasteiger partial charge in [0.1, 0.15) is 11.6 Å². The van der Waals surface area contributed by atoms with Crippen molar-refractivity contribution >= 4 is 17.7 Å². The van der Waals surface area contributed by atoms with Crippen molar-refractivity contribution in [1.82, 2.24) is 15.6 Å². The first-order valence-corrected chi connectivity index (χ1v) is 9.74. The van der Waals surface area contributed by atoms with Crippen molar-refractivity contribution in [2.24, 2.45) is 16.6 Å². The largest absolute Gasteiger partial charge is 0.369 e. The Hall–Kier alpha value is -3.16. The zero-order valence-corrected chi connectivity index (χ0v) is 16.6. The molecule has 1 aliphatic rings. The Balaban J connectivity index is 1.58. The number of nitrogens with zero attached hydrogens (tertiary/aromatic N) is 3. The molecule has 0 saturated carbocycles. The van der Waals surface area contributed by atoms with Crippen molar-refractivity contribution in [2.75, 3.05) is 25.0 Å². The fraction of sp³-hybridized carbons (Fsp3) is 0.381. The number of nitrogens with one attached hydrogen (secondary N) is 2. The van der Waals surface area contributed by atoms with Gasteiger partial charge >= 0.3 is 0 Å². The lowest BCUT2D eigenvalue weighted by molar-refractivity contribution is -0.122. The molecule has 8 heteroatoms. The van der Waals surface area contributed by atoms with Crippen LogP contribution in [-0.2, 0) is 17.9 Å². The maximum Gasteiger partial charge on any atom is 0.220 e. The topological polar surface area (TPSA) is 95.6 Å². The van der Waals surface area contributed by atoms with Crippen LogP contribution >= 0.6 is 0 Å². The van der Waals surface area contributed by atoms with E-state index in [1.807, 2.05) is 18.2 Å². The maximum absolute atomic E-state index is 13.3. The second-order valence-electron chi connectivity index (χ2n) is 7.06. The van der Waals surface area contributed by atoms with Gasteiger partial charge in [-0.3, -0.25) is 9.79 Å². The molecule has 2 heterocycles. The van der Waals surface area contributed by atoms with Gasteiger partial charge in [0.05, 0.1) is 0 Å². The summed E-state index contributed by atoms with van der Waals surface area (Å²) < 4.78 is 13.3. The number of carbonyl (C=O) groups is 1. The van der Waals surface area contributed by atoms with Crippen LogP contribution in [-0.4, -0.2) is 37.0 Å². The van der Waals surface area contributed by atoms with Crippen LogP contribution in [0.4, 0.5) is 10.2 Å². The molecule has 1 aromatic heterocycles. The normalized spacial score (nSPS) is 15.2. The average Bonchev–Trinajstić information content (AvgIpc) is 2.74. The first-order chi connectivity index (χ1) is 14.1. The molecule has 1 aliphatic heterocycles. The van der Waals surface area contributed by atoms with E-state index in [0.717, 1.165) is 42.9 Å². The van der Waals surface area contributed by atoms with Gasteiger partial charge in [-0.15, -0.1) is 0 Å². The smallest absolute Gasteiger partial charge is 0.220 e. The number of carbonyl (C=O) groups excluding carboxylic acids is 1. The summed E-state index contributed by atoms with van der Waals surface area (Å²) in [6, 6.07) is 10.4. The van der Waals surface area contributed by atoms with Gasteiger partial charge in [0.2, 0.25) is 5.91 Å². The van der Waals surface area contributed by atoms with Gasteiger partial charge in [-0.25, -0.2) is 9.37 Å². The number of piperidine rings is 1. The van der Waals surface area contributed by atoms with Crippen LogP contribution in [0, 0.1) is 11.7 Å². The van der Waals surface area contributed by atoms with E-state index >= 15 is 0 Å². The van der Waals surface area contributed by atoms with Gasteiger partial charge in [-0.05, 0) is 36.6 Å². The first-order valence-electron chi connectivity index (χ1n) is 9.74. The van der Waals surface area contributed by atoms with Crippen molar-refractivity contribution in [3.8, 4) is 0 Å². The minimum Gasteiger partial charge on any atom is -0.369 e. The number of halogens is 1. The second-order valence-corrected chi connectivity index (χ2v) is 7.06. The van der Waals surface area contributed by atoms with Crippen LogP contribution in [0.5, 0.6) is 0 Å². The number of benzene rings is 1. The van der Waals surface area contributed by atoms with E-state index in [1.165, 1.54) is 12.1 Å². The van der Waals surface area contributed by atoms with Crippen LogP contribution in [0.15, 0.2) is 47.6 Å². The summed E-state index contributed by atoms with van der Waals surface area (Å²) in [6.45, 7) is 2.52. The molecule has 0 bridgehead atoms. The van der Waals surface area contributed by atoms with E-state index in [-0.39, 0.29) is 17.6 Å². The third-order valence-electron chi connectivity index (χ3n) is 5.08. The van der Waals surface area contributed by atoms with Gasteiger partial charge in [-0.1, -0.05) is 18.2 Å². The highest BCUT2D eigenvalue weighted by Gasteiger charge is 2.24. The lowest BCUT2D eigenvalue weighted by Gasteiger charge is -2.32. The summed E-state index contributed by atoms with van der Waals surface area (Å²) in [5.41, 5.74) is 7.31. The van der Waals surface area contributed by atoms with Gasteiger partial charge in [0.25, 0.3) is 0 Å². The molecule has 2 aromatic rings. The van der Waals surface area contributed by atoms with Crippen molar-refractivity contribution in [1.29, 1.82) is 0 Å². The van der Waals surface area contributed by atoms with Crippen LogP contribution in [0.2, 0.25) is 0 Å². The number of amides is 1. The number of hydrogen-bond donors (Lipinski definition) is 3. The number of pyridine rings is 1. The summed E-state index contributed by atoms with van der Waals surface area (Å²) in [5, 5.41) is 6.47. The van der Waals surface area contributed by atoms with Gasteiger partial charge in [0, 0.05) is 50.9 Å². The summed E-state index contributed by atoms with van der Waals surface area (Å²) in [4.78, 5) is 22.4. The predicted octanol–water partition coefficient (Wildman–Crippen LogP) is 1.79. The first kappa shape index (κ1) is 20.6. The van der Waals surface area contributed by atoms with E-state index < -0.39 is 0 Å². The molecule has 7 nitrogen and oxygen atoms in total. The molecule has 4 N–H and O–H groups in total. The van der Waals surface area contributed by atoms with Crippen molar-refractivity contribution in [3.63, 3.8) is 0 Å². The number of aliphatic imine (C=N–C) groups is 1. The van der Waals surface area contributed by atoms with Crippen LogP contribution in [0.25, 0.3) is 0 Å². The molecule has 1 amide bonds. The number of rotatable bonds is 6. The van der Waals surface area contributed by atoms with Crippen LogP contribution in [0.3, 0.4) is 0 Å². The molecule has 1 fully saturated rings. The Labute approximate surface area is 170 Å². The number of anilines is 1. The number of guanidine groups is 1. The van der Waals surface area contributed by atoms with Crippen LogP contribution in [0.1, 0.15) is 24.0 Å². The average molecular weight is 398 g/mol. The zero-order chi connectivity index (χ0) is 20.6. The van der Waals surface area contributed by atoms with Crippen molar-refractivity contribution in [2.45, 2.75) is 25.9 Å². The minimum absolute atomic E-state index is 0.0533. The second kappa shape index (κ2) is 9.86. The van der Waals surface area contributed by atoms with Gasteiger partial charge < -0.3 is 21.3 Å². The molecule has 3 rings (SSSR count). The van der Waals surface area contributed by atoms with Gasteiger partial charge in [-0.2, -0.15) is 0 Å². The highest BCUT2D eigenvalue weighted by atomic mass is 19.1. The van der Waals surface area contributed by atoms with E-state index in [4.69, 9.17) is 5.73 Å². The quantitative estimate of drug-likeness (QED) is 0.509. The summed E-state index contributed by atoms with van der Waals surface area (Å²) in [6.07, 6.45) is 3.27. The van der Waals surface area contributed by atoms with E-state index in [2.05, 4.69) is 25.5 Å². The number of primary amides is 1. The number of nitrogens with two attached hydrogens (primary N) is 1. The molecule has 0 spiro atoms. The molecule has 0 aliphatic carbocycles. The Morgan fingerprint density at radius 1 is 1.24 bits per heavy atom. The summed E-state index contributed by atoms with van der Waals surface area (Å²) >= 11 is 0. The molecule has 29 heavy (non-hydrogen) atoms. The summed E-state index contributed by atoms with van der Waals surface area (Å²) in [7, 11) is 1.69. The lowest BCUT2D eigenvalue weighted by Crippen LogP contribution is -2.40. The maximum atomic E-state index is 13.3. The highest BCUT2D eigenvalue weighted by molar-refractivity contribution is 5.79. The lowest BCUT2D eigenvalue weighted by atomic mass is 9.96. The molecule has 0 atom stereocenters. The van der Waals surface area contributed by atoms with Crippen molar-refractivity contribution < 1.29 is 9.18 Å². The molecule has 1 aromatic carbocycles. The fourth-order valence-electron chi connectivity index (χ4n) is 3.46. The monoisotopic (exact) mass is 398 g/mol. The summed E-state index contributed by atoms with van der Waals surface area (Å²) in [5.74, 6) is 0.996. The minimum atomic E-state index is -0.257. The van der Waals surface area contributed by atoms with Gasteiger partial charge in [0.15, 0.2) is 5.96 Å². The Morgan fingerprint density at radius 2 is 2.00 bits per heavy atom. The molecule has 0 unspecified atom stereocenters.